The van der Waals surface area contributed by atoms with Gasteiger partial charge in [0.1, 0.15) is 10.7 Å². The zero-order chi connectivity index (χ0) is 25.7. The molecular weight excluding hydrogens is 545 g/mol. The molecule has 0 saturated carbocycles. The van der Waals surface area contributed by atoms with E-state index in [4.69, 9.17) is 28.2 Å². The van der Waals surface area contributed by atoms with Crippen molar-refractivity contribution in [2.75, 3.05) is 0 Å². The Labute approximate surface area is 232 Å². The molecule has 0 fully saturated rings. The van der Waals surface area contributed by atoms with Crippen LogP contribution in [-0.4, -0.2) is 24.7 Å². The summed E-state index contributed by atoms with van der Waals surface area (Å²) in [5, 5.41) is 11.6. The van der Waals surface area contributed by atoms with E-state index in [1.54, 1.807) is 11.3 Å². The van der Waals surface area contributed by atoms with Crippen LogP contribution in [0, 0.1) is 5.92 Å². The van der Waals surface area contributed by atoms with E-state index in [1.165, 1.54) is 22.2 Å². The second-order valence-corrected chi connectivity index (χ2v) is 12.6. The number of hydrogen-bond acceptors (Lipinski definition) is 6. The van der Waals surface area contributed by atoms with Gasteiger partial charge in [0.25, 0.3) is 5.56 Å². The number of H-pyrrole nitrogens is 1. The van der Waals surface area contributed by atoms with Crippen molar-refractivity contribution in [3.05, 3.63) is 85.2 Å². The van der Waals surface area contributed by atoms with Crippen LogP contribution < -0.4 is 5.56 Å². The third-order valence-corrected chi connectivity index (χ3v) is 9.38. The van der Waals surface area contributed by atoms with E-state index in [0.29, 0.717) is 32.8 Å². The Kier molecular flexibility index (Phi) is 6.61. The van der Waals surface area contributed by atoms with Gasteiger partial charge in [0, 0.05) is 26.2 Å². The molecule has 10 heteroatoms. The molecule has 0 bridgehead atoms. The fourth-order valence-corrected chi connectivity index (χ4v) is 7.29. The number of halogens is 2. The van der Waals surface area contributed by atoms with Gasteiger partial charge in [-0.3, -0.25) is 9.36 Å². The Morgan fingerprint density at radius 2 is 1.78 bits per heavy atom. The monoisotopic (exact) mass is 567 g/mol. The lowest BCUT2D eigenvalue weighted by molar-refractivity contribution is 0.509. The number of aromatic nitrogens is 5. The number of fused-ring (bicyclic) bond motifs is 3. The summed E-state index contributed by atoms with van der Waals surface area (Å²) in [4.78, 5) is 23.2. The SMILES string of the molecule is C[C@H]1CCc2c(sc3nc([C@H](C)Sc4nnc(-c5ccc(Cl)cc5)n4-c4ccc(Cl)cc4)[nH]c(=O)c23)C1. The molecule has 1 aliphatic carbocycles. The molecule has 0 aliphatic heterocycles. The van der Waals surface area contributed by atoms with Crippen LogP contribution in [0.2, 0.25) is 10.0 Å². The van der Waals surface area contributed by atoms with Crippen molar-refractivity contribution in [2.24, 2.45) is 5.92 Å². The van der Waals surface area contributed by atoms with Crippen molar-refractivity contribution < 1.29 is 0 Å². The van der Waals surface area contributed by atoms with Crippen LogP contribution in [-0.2, 0) is 12.8 Å². The minimum atomic E-state index is -0.163. The van der Waals surface area contributed by atoms with E-state index in [0.717, 1.165) is 40.7 Å². The van der Waals surface area contributed by atoms with Crippen LogP contribution in [0.3, 0.4) is 0 Å². The van der Waals surface area contributed by atoms with Crippen LogP contribution in [0.15, 0.2) is 58.5 Å². The first kappa shape index (κ1) is 24.7. The van der Waals surface area contributed by atoms with Crippen molar-refractivity contribution >= 4 is 56.5 Å². The summed E-state index contributed by atoms with van der Waals surface area (Å²) in [5.74, 6) is 1.96. The number of hydrogen-bond donors (Lipinski definition) is 1. The zero-order valence-electron chi connectivity index (χ0n) is 20.2. The molecule has 0 radical (unpaired) electrons. The van der Waals surface area contributed by atoms with Crippen LogP contribution in [0.4, 0.5) is 0 Å². The van der Waals surface area contributed by atoms with Gasteiger partial charge in [-0.25, -0.2) is 4.98 Å². The molecule has 0 unspecified atom stereocenters. The van der Waals surface area contributed by atoms with Gasteiger partial charge < -0.3 is 4.98 Å². The van der Waals surface area contributed by atoms with Crippen LogP contribution in [0.1, 0.15) is 41.8 Å². The highest BCUT2D eigenvalue weighted by Gasteiger charge is 2.25. The van der Waals surface area contributed by atoms with E-state index in [1.807, 2.05) is 60.0 Å². The molecule has 188 valence electrons. The molecule has 6 nitrogen and oxygen atoms in total. The van der Waals surface area contributed by atoms with Gasteiger partial charge in [-0.2, -0.15) is 0 Å². The highest BCUT2D eigenvalue weighted by molar-refractivity contribution is 7.99. The van der Waals surface area contributed by atoms with Gasteiger partial charge in [-0.15, -0.1) is 21.5 Å². The molecular formula is C27H23Cl2N5OS2. The van der Waals surface area contributed by atoms with Gasteiger partial charge in [-0.05, 0) is 86.2 Å². The molecule has 5 aromatic rings. The number of nitrogens with one attached hydrogen (secondary N) is 1. The normalized spacial score (nSPS) is 16.2. The molecule has 0 saturated heterocycles. The first-order valence-corrected chi connectivity index (χ1v) is 14.5. The number of rotatable bonds is 5. The van der Waals surface area contributed by atoms with Crippen molar-refractivity contribution in [1.29, 1.82) is 0 Å². The summed E-state index contributed by atoms with van der Waals surface area (Å²) in [6, 6.07) is 15.1. The number of aryl methyl sites for hydroxylation is 1. The zero-order valence-corrected chi connectivity index (χ0v) is 23.3. The van der Waals surface area contributed by atoms with Crippen LogP contribution in [0.5, 0.6) is 0 Å². The number of aromatic amines is 1. The number of thioether (sulfide) groups is 1. The smallest absolute Gasteiger partial charge is 0.259 e. The maximum absolute atomic E-state index is 13.2. The van der Waals surface area contributed by atoms with Gasteiger partial charge in [0.15, 0.2) is 11.0 Å². The molecule has 0 amide bonds. The fraction of sp³-hybridized carbons (Fsp3) is 0.259. The lowest BCUT2D eigenvalue weighted by Crippen LogP contribution is -2.15. The van der Waals surface area contributed by atoms with E-state index in [-0.39, 0.29) is 10.8 Å². The predicted molar refractivity (Wildman–Crippen MR) is 153 cm³/mol. The minimum absolute atomic E-state index is 0.0551. The van der Waals surface area contributed by atoms with Crippen LogP contribution in [0.25, 0.3) is 27.3 Å². The standard InChI is InChI=1S/C27H23Cl2N5OS2/c1-14-3-12-20-21(13-14)37-26-22(20)25(35)30-23(31-26)15(2)36-27-33-32-24(16-4-6-17(28)7-5-16)34(27)19-10-8-18(29)9-11-19/h4-11,14-15H,3,12-13H2,1-2H3,(H,30,31,35)/t14-,15-/m0/s1. The van der Waals surface area contributed by atoms with Crippen molar-refractivity contribution in [2.45, 2.75) is 43.5 Å². The summed E-state index contributed by atoms with van der Waals surface area (Å²) in [7, 11) is 0. The second kappa shape index (κ2) is 9.91. The Morgan fingerprint density at radius 1 is 1.08 bits per heavy atom. The second-order valence-electron chi connectivity index (χ2n) is 9.37. The van der Waals surface area contributed by atoms with E-state index >= 15 is 0 Å². The van der Waals surface area contributed by atoms with E-state index in [2.05, 4.69) is 22.1 Å². The molecule has 1 N–H and O–H groups in total. The van der Waals surface area contributed by atoms with E-state index < -0.39 is 0 Å². The molecule has 6 rings (SSSR count). The summed E-state index contributed by atoms with van der Waals surface area (Å²) >= 11 is 15.4. The van der Waals surface area contributed by atoms with Crippen molar-refractivity contribution in [3.8, 4) is 17.1 Å². The third kappa shape index (κ3) is 4.72. The summed E-state index contributed by atoms with van der Waals surface area (Å²) in [6.45, 7) is 4.29. The van der Waals surface area contributed by atoms with E-state index in [9.17, 15) is 4.79 Å². The average Bonchev–Trinajstić information content (AvgIpc) is 3.46. The highest BCUT2D eigenvalue weighted by atomic mass is 35.5. The molecule has 2 aromatic carbocycles. The Morgan fingerprint density at radius 3 is 2.51 bits per heavy atom. The Hall–Kier alpha value is -2.65. The lowest BCUT2D eigenvalue weighted by Gasteiger charge is -2.17. The average molecular weight is 569 g/mol. The maximum Gasteiger partial charge on any atom is 0.259 e. The topological polar surface area (TPSA) is 76.5 Å². The number of nitrogens with zero attached hydrogens (tertiary/aromatic N) is 4. The third-order valence-electron chi connectivity index (χ3n) is 6.67. The van der Waals surface area contributed by atoms with Crippen molar-refractivity contribution in [1.82, 2.24) is 24.7 Å². The van der Waals surface area contributed by atoms with Gasteiger partial charge in [-0.1, -0.05) is 41.9 Å². The Balaban J connectivity index is 1.39. The minimum Gasteiger partial charge on any atom is -0.309 e. The first-order valence-electron chi connectivity index (χ1n) is 12.1. The first-order chi connectivity index (χ1) is 17.9. The lowest BCUT2D eigenvalue weighted by atomic mass is 9.89. The van der Waals surface area contributed by atoms with Gasteiger partial charge >= 0.3 is 0 Å². The largest absolute Gasteiger partial charge is 0.309 e. The number of thiophene rings is 1. The summed E-state index contributed by atoms with van der Waals surface area (Å²) < 4.78 is 1.99. The summed E-state index contributed by atoms with van der Waals surface area (Å²) in [6.07, 6.45) is 3.08. The predicted octanol–water partition coefficient (Wildman–Crippen LogP) is 7.52. The van der Waals surface area contributed by atoms with Crippen LogP contribution >= 0.6 is 46.3 Å². The van der Waals surface area contributed by atoms with Gasteiger partial charge in [0.05, 0.1) is 10.6 Å². The number of benzene rings is 2. The highest BCUT2D eigenvalue weighted by Crippen LogP contribution is 2.39. The fourth-order valence-electron chi connectivity index (χ4n) is 4.73. The molecule has 1 aliphatic rings. The molecule has 0 spiro atoms. The maximum atomic E-state index is 13.2. The van der Waals surface area contributed by atoms with Gasteiger partial charge in [0.2, 0.25) is 0 Å². The molecule has 3 heterocycles. The molecule has 2 atom stereocenters. The Bertz CT molecular complexity index is 1660. The summed E-state index contributed by atoms with van der Waals surface area (Å²) in [5.41, 5.74) is 2.90. The quantitative estimate of drug-likeness (QED) is 0.222. The van der Waals surface area contributed by atoms with Crippen molar-refractivity contribution in [3.63, 3.8) is 0 Å². The molecule has 37 heavy (non-hydrogen) atoms. The molecule has 3 aromatic heterocycles.